The van der Waals surface area contributed by atoms with Crippen LogP contribution in [0.1, 0.15) is 32.8 Å². The molecule has 0 unspecified atom stereocenters. The normalized spacial score (nSPS) is 9.86. The van der Waals surface area contributed by atoms with Crippen LogP contribution in [0.5, 0.6) is 0 Å². The zero-order valence-corrected chi connectivity index (χ0v) is 12.9. The Morgan fingerprint density at radius 2 is 2.00 bits per heavy atom. The number of hydrogen-bond acceptors (Lipinski definition) is 3. The number of aliphatic hydroxyl groups excluding tert-OH is 1. The summed E-state index contributed by atoms with van der Waals surface area (Å²) >= 11 is 1.37. The highest BCUT2D eigenvalue weighted by Gasteiger charge is 2.14. The third-order valence-corrected chi connectivity index (χ3v) is 3.96. The molecule has 0 aliphatic heterocycles. The van der Waals surface area contributed by atoms with E-state index in [2.05, 4.69) is 17.2 Å². The van der Waals surface area contributed by atoms with Crippen LogP contribution in [0.2, 0.25) is 0 Å². The van der Waals surface area contributed by atoms with Crippen LogP contribution in [0.15, 0.2) is 29.6 Å². The molecule has 1 heterocycles. The van der Waals surface area contributed by atoms with Gasteiger partial charge in [0.1, 0.15) is 4.88 Å². The summed E-state index contributed by atoms with van der Waals surface area (Å²) in [6, 6.07) is 7.74. The highest BCUT2D eigenvalue weighted by molar-refractivity contribution is 7.12. The fraction of sp³-hybridized carbons (Fsp3) is 0.235. The first-order chi connectivity index (χ1) is 10.1. The maximum Gasteiger partial charge on any atom is 0.267 e. The minimum Gasteiger partial charge on any atom is -0.395 e. The summed E-state index contributed by atoms with van der Waals surface area (Å²) in [7, 11) is 0. The predicted octanol–water partition coefficient (Wildman–Crippen LogP) is 3.35. The largest absolute Gasteiger partial charge is 0.395 e. The van der Waals surface area contributed by atoms with Crippen molar-refractivity contribution >= 4 is 22.9 Å². The minimum atomic E-state index is -0.143. The van der Waals surface area contributed by atoms with E-state index in [0.717, 1.165) is 16.8 Å². The summed E-state index contributed by atoms with van der Waals surface area (Å²) in [5, 5.41) is 13.6. The molecule has 1 amide bonds. The van der Waals surface area contributed by atoms with Crippen molar-refractivity contribution < 1.29 is 9.90 Å². The Bertz CT molecular complexity index is 687. The number of benzene rings is 1. The van der Waals surface area contributed by atoms with Gasteiger partial charge in [-0.15, -0.1) is 11.3 Å². The minimum absolute atomic E-state index is 0.0288. The maximum atomic E-state index is 12.4. The first-order valence-corrected chi connectivity index (χ1v) is 7.56. The topological polar surface area (TPSA) is 49.3 Å². The van der Waals surface area contributed by atoms with Gasteiger partial charge >= 0.3 is 0 Å². The summed E-state index contributed by atoms with van der Waals surface area (Å²) in [6.07, 6.45) is 0.411. The van der Waals surface area contributed by atoms with Crippen molar-refractivity contribution in [3.8, 4) is 11.8 Å². The van der Waals surface area contributed by atoms with Gasteiger partial charge in [-0.3, -0.25) is 4.79 Å². The van der Waals surface area contributed by atoms with Gasteiger partial charge < -0.3 is 10.4 Å². The molecule has 0 saturated carbocycles. The van der Waals surface area contributed by atoms with E-state index in [-0.39, 0.29) is 12.5 Å². The average molecular weight is 299 g/mol. The van der Waals surface area contributed by atoms with E-state index in [0.29, 0.717) is 16.9 Å². The van der Waals surface area contributed by atoms with Crippen molar-refractivity contribution in [2.24, 2.45) is 0 Å². The van der Waals surface area contributed by atoms with Crippen molar-refractivity contribution in [2.45, 2.75) is 20.3 Å². The second-order valence-corrected chi connectivity index (χ2v) is 5.58. The molecule has 3 nitrogen and oxygen atoms in total. The third-order valence-electron chi connectivity index (χ3n) is 3.05. The standard InChI is InChI=1S/C17H17NO2S/c1-12-6-5-7-13(2)15(12)18-17(20)16-14(9-11-21-16)8-3-4-10-19/h5-7,9,11,19H,4,10H2,1-2H3,(H,18,20). The molecule has 1 aromatic carbocycles. The Balaban J connectivity index is 2.22. The fourth-order valence-electron chi connectivity index (χ4n) is 1.98. The number of nitrogens with one attached hydrogen (secondary N) is 1. The number of carbonyl (C=O) groups excluding carboxylic acids is 1. The first kappa shape index (κ1) is 15.3. The number of aliphatic hydroxyl groups is 1. The van der Waals surface area contributed by atoms with E-state index < -0.39 is 0 Å². The molecule has 108 valence electrons. The molecule has 4 heteroatoms. The summed E-state index contributed by atoms with van der Waals surface area (Å²) in [4.78, 5) is 13.0. The Morgan fingerprint density at radius 3 is 2.67 bits per heavy atom. The Labute approximate surface area is 128 Å². The highest BCUT2D eigenvalue weighted by Crippen LogP contribution is 2.23. The van der Waals surface area contributed by atoms with Crippen LogP contribution < -0.4 is 5.32 Å². The van der Waals surface area contributed by atoms with Crippen LogP contribution in [-0.4, -0.2) is 17.6 Å². The van der Waals surface area contributed by atoms with Crippen LogP contribution in [0.4, 0.5) is 5.69 Å². The molecule has 2 N–H and O–H groups in total. The van der Waals surface area contributed by atoms with E-state index >= 15 is 0 Å². The van der Waals surface area contributed by atoms with Crippen LogP contribution in [-0.2, 0) is 0 Å². The van der Waals surface area contributed by atoms with Gasteiger partial charge in [-0.25, -0.2) is 0 Å². The van der Waals surface area contributed by atoms with E-state index in [1.54, 1.807) is 0 Å². The number of aryl methyl sites for hydroxylation is 2. The highest BCUT2D eigenvalue weighted by atomic mass is 32.1. The Morgan fingerprint density at radius 1 is 1.29 bits per heavy atom. The van der Waals surface area contributed by atoms with Crippen molar-refractivity contribution in [3.63, 3.8) is 0 Å². The summed E-state index contributed by atoms with van der Waals surface area (Å²) in [5.41, 5.74) is 3.63. The quantitative estimate of drug-likeness (QED) is 0.854. The molecule has 0 aliphatic rings. The molecule has 0 aliphatic carbocycles. The molecule has 0 atom stereocenters. The van der Waals surface area contributed by atoms with E-state index in [4.69, 9.17) is 5.11 Å². The molecule has 2 rings (SSSR count). The zero-order chi connectivity index (χ0) is 15.2. The second-order valence-electron chi connectivity index (χ2n) is 4.66. The number of para-hydroxylation sites is 1. The van der Waals surface area contributed by atoms with E-state index in [1.807, 2.05) is 43.5 Å². The summed E-state index contributed by atoms with van der Waals surface area (Å²) in [5.74, 6) is 5.63. The van der Waals surface area contributed by atoms with Crippen molar-refractivity contribution in [2.75, 3.05) is 11.9 Å². The molecule has 1 aromatic heterocycles. The number of thiophene rings is 1. The molecule has 2 aromatic rings. The van der Waals surface area contributed by atoms with Crippen molar-refractivity contribution in [3.05, 3.63) is 51.2 Å². The smallest absolute Gasteiger partial charge is 0.267 e. The molecule has 0 bridgehead atoms. The average Bonchev–Trinajstić information content (AvgIpc) is 2.92. The van der Waals surface area contributed by atoms with Gasteiger partial charge in [0.2, 0.25) is 0 Å². The van der Waals surface area contributed by atoms with Gasteiger partial charge in [0.05, 0.1) is 6.61 Å². The number of amides is 1. The SMILES string of the molecule is Cc1cccc(C)c1NC(=O)c1sccc1C#CCCO. The van der Waals surface area contributed by atoms with Gasteiger partial charge in [-0.1, -0.05) is 30.0 Å². The lowest BCUT2D eigenvalue weighted by atomic mass is 10.1. The zero-order valence-electron chi connectivity index (χ0n) is 12.1. The van der Waals surface area contributed by atoms with Crippen LogP contribution in [0, 0.1) is 25.7 Å². The van der Waals surface area contributed by atoms with Crippen LogP contribution in [0.3, 0.4) is 0 Å². The second kappa shape index (κ2) is 7.07. The number of rotatable bonds is 3. The maximum absolute atomic E-state index is 12.4. The van der Waals surface area contributed by atoms with Gasteiger partial charge in [-0.05, 0) is 36.4 Å². The number of carbonyl (C=O) groups is 1. The lowest BCUT2D eigenvalue weighted by Crippen LogP contribution is -2.13. The molecule has 0 spiro atoms. The van der Waals surface area contributed by atoms with Crippen LogP contribution in [0.25, 0.3) is 0 Å². The number of hydrogen-bond donors (Lipinski definition) is 2. The van der Waals surface area contributed by atoms with E-state index in [9.17, 15) is 4.79 Å². The third kappa shape index (κ3) is 3.72. The van der Waals surface area contributed by atoms with Gasteiger partial charge in [0, 0.05) is 17.7 Å². The Hall–Kier alpha value is -2.09. The lowest BCUT2D eigenvalue weighted by molar-refractivity contribution is 0.103. The predicted molar refractivity (Wildman–Crippen MR) is 86.8 cm³/mol. The molecular formula is C17H17NO2S. The fourth-order valence-corrected chi connectivity index (χ4v) is 2.72. The van der Waals surface area contributed by atoms with Gasteiger partial charge in [-0.2, -0.15) is 0 Å². The van der Waals surface area contributed by atoms with Crippen molar-refractivity contribution in [1.29, 1.82) is 0 Å². The monoisotopic (exact) mass is 299 g/mol. The lowest BCUT2D eigenvalue weighted by Gasteiger charge is -2.10. The summed E-state index contributed by atoms with van der Waals surface area (Å²) < 4.78 is 0. The van der Waals surface area contributed by atoms with Crippen molar-refractivity contribution in [1.82, 2.24) is 0 Å². The Kier molecular flexibility index (Phi) is 5.15. The molecule has 0 radical (unpaired) electrons. The van der Waals surface area contributed by atoms with Crippen LogP contribution >= 0.6 is 11.3 Å². The molecule has 21 heavy (non-hydrogen) atoms. The van der Waals surface area contributed by atoms with Gasteiger partial charge in [0.15, 0.2) is 0 Å². The molecular weight excluding hydrogens is 282 g/mol. The van der Waals surface area contributed by atoms with Gasteiger partial charge in [0.25, 0.3) is 5.91 Å². The molecule has 0 fully saturated rings. The molecule has 0 saturated heterocycles. The van der Waals surface area contributed by atoms with E-state index in [1.165, 1.54) is 11.3 Å². The first-order valence-electron chi connectivity index (χ1n) is 6.68. The summed E-state index contributed by atoms with van der Waals surface area (Å²) in [6.45, 7) is 3.97. The number of anilines is 1.